The van der Waals surface area contributed by atoms with E-state index < -0.39 is 11.6 Å². The largest absolute Gasteiger partial charge is 0.464 e. The Bertz CT molecular complexity index is 1090. The molecule has 1 aliphatic rings. The molecule has 150 valence electrons. The van der Waals surface area contributed by atoms with Crippen LogP contribution in [0.3, 0.4) is 0 Å². The molecule has 0 bridgehead atoms. The summed E-state index contributed by atoms with van der Waals surface area (Å²) in [6.07, 6.45) is 2.25. The number of hydrogen-bond donors (Lipinski definition) is 0. The van der Waals surface area contributed by atoms with Crippen LogP contribution >= 0.6 is 0 Å². The number of carbonyl (C=O) groups excluding carboxylic acids is 2. The van der Waals surface area contributed by atoms with E-state index in [1.54, 1.807) is 11.2 Å². The maximum absolute atomic E-state index is 13.0. The van der Waals surface area contributed by atoms with E-state index in [2.05, 4.69) is 0 Å². The molecule has 0 fully saturated rings. The second kappa shape index (κ2) is 7.07. The molecule has 5 nitrogen and oxygen atoms in total. The maximum atomic E-state index is 13.0. The molecule has 2 aromatic carbocycles. The highest BCUT2D eigenvalue weighted by molar-refractivity contribution is 6.02. The summed E-state index contributed by atoms with van der Waals surface area (Å²) >= 11 is 0. The Balaban J connectivity index is 1.64. The summed E-state index contributed by atoms with van der Waals surface area (Å²) in [4.78, 5) is 27.2. The third-order valence-corrected chi connectivity index (χ3v) is 5.17. The number of ether oxygens (including phenoxy) is 1. The van der Waals surface area contributed by atoms with Crippen LogP contribution in [0.1, 0.15) is 50.0 Å². The van der Waals surface area contributed by atoms with Crippen LogP contribution in [0.2, 0.25) is 0 Å². The molecule has 0 aliphatic carbocycles. The van der Waals surface area contributed by atoms with E-state index in [0.29, 0.717) is 18.5 Å². The molecule has 0 spiro atoms. The summed E-state index contributed by atoms with van der Waals surface area (Å²) in [6, 6.07) is 13.1. The summed E-state index contributed by atoms with van der Waals surface area (Å²) in [6.45, 7) is 7.79. The molecule has 29 heavy (non-hydrogen) atoms. The lowest BCUT2D eigenvalue weighted by molar-refractivity contribution is -0.160. The zero-order valence-corrected chi connectivity index (χ0v) is 17.2. The summed E-state index contributed by atoms with van der Waals surface area (Å²) < 4.78 is 11.2. The molecule has 1 amide bonds. The fourth-order valence-corrected chi connectivity index (χ4v) is 3.85. The van der Waals surface area contributed by atoms with Gasteiger partial charge < -0.3 is 14.1 Å². The van der Waals surface area contributed by atoms with Gasteiger partial charge >= 0.3 is 5.97 Å². The molecule has 0 N–H and O–H groups in total. The number of furan rings is 1. The van der Waals surface area contributed by atoms with Crippen LogP contribution in [0.4, 0.5) is 0 Å². The topological polar surface area (TPSA) is 59.8 Å². The Kier molecular flexibility index (Phi) is 4.69. The van der Waals surface area contributed by atoms with Gasteiger partial charge in [-0.3, -0.25) is 4.79 Å². The molecule has 4 rings (SSSR count). The van der Waals surface area contributed by atoms with Crippen LogP contribution in [0.15, 0.2) is 53.1 Å². The van der Waals surface area contributed by atoms with Gasteiger partial charge in [0.25, 0.3) is 5.91 Å². The van der Waals surface area contributed by atoms with Crippen molar-refractivity contribution in [2.24, 2.45) is 0 Å². The highest BCUT2D eigenvalue weighted by Gasteiger charge is 2.37. The molecule has 1 atom stereocenters. The van der Waals surface area contributed by atoms with Crippen molar-refractivity contribution < 1.29 is 18.7 Å². The van der Waals surface area contributed by atoms with Gasteiger partial charge in [-0.05, 0) is 56.5 Å². The first kappa shape index (κ1) is 19.2. The average molecular weight is 391 g/mol. The Morgan fingerprint density at radius 3 is 2.66 bits per heavy atom. The van der Waals surface area contributed by atoms with Crippen molar-refractivity contribution in [2.75, 3.05) is 0 Å². The minimum absolute atomic E-state index is 0.124. The third kappa shape index (κ3) is 3.53. The lowest BCUT2D eigenvalue weighted by Crippen LogP contribution is -2.44. The third-order valence-electron chi connectivity index (χ3n) is 5.17. The van der Waals surface area contributed by atoms with Gasteiger partial charge in [0, 0.05) is 23.1 Å². The summed E-state index contributed by atoms with van der Waals surface area (Å²) in [5, 5.41) is 1.04. The van der Waals surface area contributed by atoms with Crippen molar-refractivity contribution in [1.29, 1.82) is 0 Å². The second-order valence-corrected chi connectivity index (χ2v) is 8.41. The van der Waals surface area contributed by atoms with Gasteiger partial charge in [-0.2, -0.15) is 0 Å². The van der Waals surface area contributed by atoms with E-state index in [9.17, 15) is 9.59 Å². The smallest absolute Gasteiger partial charge is 0.329 e. The van der Waals surface area contributed by atoms with Crippen LogP contribution in [-0.2, 0) is 16.1 Å². The van der Waals surface area contributed by atoms with Crippen LogP contribution in [0.25, 0.3) is 22.1 Å². The first-order valence-corrected chi connectivity index (χ1v) is 9.92. The molecular weight excluding hydrogens is 366 g/mol. The summed E-state index contributed by atoms with van der Waals surface area (Å²) in [5.74, 6) is -0.483. The zero-order chi connectivity index (χ0) is 20.8. The molecule has 2 heterocycles. The summed E-state index contributed by atoms with van der Waals surface area (Å²) in [5.41, 5.74) is 3.79. The molecule has 5 heteroatoms. The minimum atomic E-state index is -0.590. The van der Waals surface area contributed by atoms with Gasteiger partial charge in [0.05, 0.1) is 6.26 Å². The van der Waals surface area contributed by atoms with Gasteiger partial charge in [-0.15, -0.1) is 0 Å². The standard InChI is InChI=1S/C24H25NO4/c1-5-20(23(27)29-24(2,3)4)25-13-16-12-15(10-11-17(16)22(25)26)19-14-28-21-9-7-6-8-18(19)21/h6-12,14,20H,5,13H2,1-4H3/t20-/m0/s1. The molecular formula is C24H25NO4. The molecule has 1 aliphatic heterocycles. The normalized spacial score (nSPS) is 14.9. The molecule has 0 saturated carbocycles. The predicted molar refractivity (Wildman–Crippen MR) is 111 cm³/mol. The number of carbonyl (C=O) groups is 2. The number of rotatable bonds is 4. The molecule has 0 saturated heterocycles. The Hall–Kier alpha value is -3.08. The average Bonchev–Trinajstić information content (AvgIpc) is 3.22. The highest BCUT2D eigenvalue weighted by atomic mass is 16.6. The Labute approximate surface area is 170 Å². The van der Waals surface area contributed by atoms with Gasteiger partial charge in [0.15, 0.2) is 0 Å². The van der Waals surface area contributed by atoms with E-state index in [4.69, 9.17) is 9.15 Å². The highest BCUT2D eigenvalue weighted by Crippen LogP contribution is 2.34. The van der Waals surface area contributed by atoms with E-state index in [1.807, 2.05) is 70.2 Å². The number of amides is 1. The van der Waals surface area contributed by atoms with Gasteiger partial charge in [-0.25, -0.2) is 4.79 Å². The number of esters is 1. The number of fused-ring (bicyclic) bond motifs is 2. The number of para-hydroxylation sites is 1. The second-order valence-electron chi connectivity index (χ2n) is 8.41. The summed E-state index contributed by atoms with van der Waals surface area (Å²) in [7, 11) is 0. The molecule has 3 aromatic rings. The molecule has 0 unspecified atom stereocenters. The van der Waals surface area contributed by atoms with Crippen molar-refractivity contribution in [2.45, 2.75) is 52.3 Å². The molecule has 1 aromatic heterocycles. The minimum Gasteiger partial charge on any atom is -0.464 e. The van der Waals surface area contributed by atoms with Crippen molar-refractivity contribution in [3.63, 3.8) is 0 Å². The number of benzene rings is 2. The Morgan fingerprint density at radius 2 is 1.93 bits per heavy atom. The van der Waals surface area contributed by atoms with E-state index >= 15 is 0 Å². The van der Waals surface area contributed by atoms with Crippen molar-refractivity contribution in [3.05, 3.63) is 59.9 Å². The van der Waals surface area contributed by atoms with Crippen LogP contribution in [-0.4, -0.2) is 28.4 Å². The fourth-order valence-electron chi connectivity index (χ4n) is 3.85. The van der Waals surface area contributed by atoms with Gasteiger partial charge in [0.1, 0.15) is 17.2 Å². The quantitative estimate of drug-likeness (QED) is 0.575. The first-order chi connectivity index (χ1) is 13.8. The van der Waals surface area contributed by atoms with Crippen LogP contribution in [0, 0.1) is 0 Å². The van der Waals surface area contributed by atoms with E-state index in [-0.39, 0.29) is 11.9 Å². The number of nitrogens with zero attached hydrogens (tertiary/aromatic N) is 1. The van der Waals surface area contributed by atoms with Crippen molar-refractivity contribution in [1.82, 2.24) is 4.90 Å². The van der Waals surface area contributed by atoms with Gasteiger partial charge in [-0.1, -0.05) is 31.2 Å². The number of hydrogen-bond acceptors (Lipinski definition) is 4. The lowest BCUT2D eigenvalue weighted by atomic mass is 10.00. The predicted octanol–water partition coefficient (Wildman–Crippen LogP) is 5.18. The van der Waals surface area contributed by atoms with Crippen molar-refractivity contribution in [3.8, 4) is 11.1 Å². The monoisotopic (exact) mass is 391 g/mol. The molecule has 0 radical (unpaired) electrons. The zero-order valence-electron chi connectivity index (χ0n) is 17.2. The lowest BCUT2D eigenvalue weighted by Gasteiger charge is -2.29. The van der Waals surface area contributed by atoms with E-state index in [0.717, 1.165) is 27.7 Å². The fraction of sp³-hybridized carbons (Fsp3) is 0.333. The van der Waals surface area contributed by atoms with Crippen LogP contribution in [0.5, 0.6) is 0 Å². The van der Waals surface area contributed by atoms with E-state index in [1.165, 1.54) is 0 Å². The van der Waals surface area contributed by atoms with Gasteiger partial charge in [0.2, 0.25) is 0 Å². The first-order valence-electron chi connectivity index (χ1n) is 9.92. The SMILES string of the molecule is CC[C@@H](C(=O)OC(C)(C)C)N1Cc2cc(-c3coc4ccccc34)ccc2C1=O. The maximum Gasteiger partial charge on any atom is 0.329 e. The van der Waals surface area contributed by atoms with Crippen molar-refractivity contribution >= 4 is 22.8 Å². The Morgan fingerprint density at radius 1 is 1.17 bits per heavy atom. The van der Waals surface area contributed by atoms with Crippen LogP contribution < -0.4 is 0 Å².